The van der Waals surface area contributed by atoms with Gasteiger partial charge in [-0.1, -0.05) is 35.3 Å². The molecule has 4 nitrogen and oxygen atoms in total. The molecular formula is C19H15Cl2N3O. The zero-order valence-corrected chi connectivity index (χ0v) is 14.9. The zero-order valence-electron chi connectivity index (χ0n) is 13.4. The van der Waals surface area contributed by atoms with E-state index in [0.29, 0.717) is 21.3 Å². The molecule has 2 aromatic carbocycles. The summed E-state index contributed by atoms with van der Waals surface area (Å²) < 4.78 is 0. The maximum atomic E-state index is 12.4. The lowest BCUT2D eigenvalue weighted by atomic mass is 10.2. The van der Waals surface area contributed by atoms with Gasteiger partial charge in [0.2, 0.25) is 0 Å². The summed E-state index contributed by atoms with van der Waals surface area (Å²) in [5.41, 5.74) is 2.94. The summed E-state index contributed by atoms with van der Waals surface area (Å²) in [6, 6.07) is 16.2. The van der Waals surface area contributed by atoms with Gasteiger partial charge in [0.05, 0.1) is 16.9 Å². The number of anilines is 3. The fraction of sp³-hybridized carbons (Fsp3) is 0.0526. The first kappa shape index (κ1) is 17.3. The summed E-state index contributed by atoms with van der Waals surface area (Å²) in [5, 5.41) is 3.96. The molecule has 1 N–H and O–H groups in total. The van der Waals surface area contributed by atoms with Gasteiger partial charge in [0.15, 0.2) is 0 Å². The number of benzene rings is 2. The molecular weight excluding hydrogens is 357 g/mol. The number of carbonyl (C=O) groups is 1. The third-order valence-corrected chi connectivity index (χ3v) is 4.10. The Labute approximate surface area is 156 Å². The first-order valence-corrected chi connectivity index (χ1v) is 8.30. The Morgan fingerprint density at radius 1 is 0.960 bits per heavy atom. The van der Waals surface area contributed by atoms with E-state index in [2.05, 4.69) is 10.3 Å². The van der Waals surface area contributed by atoms with Crippen LogP contribution < -0.4 is 10.2 Å². The van der Waals surface area contributed by atoms with Crippen LogP contribution in [0.1, 0.15) is 10.4 Å². The molecule has 1 amide bonds. The summed E-state index contributed by atoms with van der Waals surface area (Å²) in [6.45, 7) is 0. The first-order chi connectivity index (χ1) is 12.0. The van der Waals surface area contributed by atoms with Crippen LogP contribution in [0.4, 0.5) is 17.1 Å². The molecule has 0 atom stereocenters. The average molecular weight is 372 g/mol. The van der Waals surface area contributed by atoms with Gasteiger partial charge in [-0.3, -0.25) is 9.78 Å². The Kier molecular flexibility index (Phi) is 5.22. The van der Waals surface area contributed by atoms with Crippen LogP contribution >= 0.6 is 23.2 Å². The van der Waals surface area contributed by atoms with Crippen LogP contribution in [0.2, 0.25) is 10.0 Å². The van der Waals surface area contributed by atoms with Gasteiger partial charge in [-0.05, 0) is 42.5 Å². The predicted octanol–water partition coefficient (Wildman–Crippen LogP) is 5.41. The van der Waals surface area contributed by atoms with Crippen molar-refractivity contribution in [3.8, 4) is 0 Å². The number of halogens is 2. The first-order valence-electron chi connectivity index (χ1n) is 7.54. The molecule has 3 aromatic rings. The van der Waals surface area contributed by atoms with Crippen molar-refractivity contribution in [2.45, 2.75) is 0 Å². The molecule has 0 unspecified atom stereocenters. The van der Waals surface area contributed by atoms with E-state index >= 15 is 0 Å². The molecule has 0 bridgehead atoms. The molecule has 0 aliphatic carbocycles. The maximum Gasteiger partial charge on any atom is 0.255 e. The number of nitrogens with one attached hydrogen (secondary N) is 1. The van der Waals surface area contributed by atoms with Crippen molar-refractivity contribution in [3.63, 3.8) is 0 Å². The molecule has 0 fully saturated rings. The Hall–Kier alpha value is -2.56. The van der Waals surface area contributed by atoms with Crippen molar-refractivity contribution in [2.75, 3.05) is 17.3 Å². The van der Waals surface area contributed by atoms with E-state index in [-0.39, 0.29) is 5.91 Å². The molecule has 0 aliphatic heterocycles. The lowest BCUT2D eigenvalue weighted by Gasteiger charge is -2.20. The predicted molar refractivity (Wildman–Crippen MR) is 103 cm³/mol. The van der Waals surface area contributed by atoms with Gasteiger partial charge in [0.25, 0.3) is 5.91 Å². The van der Waals surface area contributed by atoms with Crippen LogP contribution in [0.15, 0.2) is 67.0 Å². The van der Waals surface area contributed by atoms with Gasteiger partial charge < -0.3 is 10.2 Å². The van der Waals surface area contributed by atoms with E-state index in [4.69, 9.17) is 23.2 Å². The van der Waals surface area contributed by atoms with Gasteiger partial charge >= 0.3 is 0 Å². The maximum absolute atomic E-state index is 12.4. The second-order valence-electron chi connectivity index (χ2n) is 5.44. The van der Waals surface area contributed by atoms with Crippen molar-refractivity contribution in [3.05, 3.63) is 82.6 Å². The monoisotopic (exact) mass is 371 g/mol. The Balaban J connectivity index is 1.80. The molecule has 6 heteroatoms. The highest BCUT2D eigenvalue weighted by molar-refractivity contribution is 6.31. The Morgan fingerprint density at radius 2 is 1.76 bits per heavy atom. The third-order valence-electron chi connectivity index (χ3n) is 3.66. The number of pyridine rings is 1. The van der Waals surface area contributed by atoms with Crippen molar-refractivity contribution in [1.82, 2.24) is 4.98 Å². The molecule has 0 spiro atoms. The van der Waals surface area contributed by atoms with Crippen LogP contribution in [0.3, 0.4) is 0 Å². The second-order valence-corrected chi connectivity index (χ2v) is 6.31. The van der Waals surface area contributed by atoms with Gasteiger partial charge in [-0.25, -0.2) is 0 Å². The second kappa shape index (κ2) is 7.55. The van der Waals surface area contributed by atoms with E-state index in [1.807, 2.05) is 42.3 Å². The standard InChI is InChI=1S/C19H15Cl2N3O/c1-24(18-9-15(21)11-22-12-18)17-7-3-6-16(10-17)23-19(25)13-4-2-5-14(20)8-13/h2-12H,1H3,(H,23,25). The van der Waals surface area contributed by atoms with E-state index in [1.165, 1.54) is 0 Å². The van der Waals surface area contributed by atoms with Gasteiger partial charge in [-0.15, -0.1) is 0 Å². The van der Waals surface area contributed by atoms with E-state index in [9.17, 15) is 4.79 Å². The molecule has 1 heterocycles. The summed E-state index contributed by atoms with van der Waals surface area (Å²) in [6.07, 6.45) is 3.31. The van der Waals surface area contributed by atoms with Crippen LogP contribution in [0, 0.1) is 0 Å². The number of hydrogen-bond acceptors (Lipinski definition) is 3. The zero-order chi connectivity index (χ0) is 17.8. The minimum atomic E-state index is -0.216. The van der Waals surface area contributed by atoms with Crippen molar-refractivity contribution >= 4 is 46.2 Å². The number of rotatable bonds is 4. The van der Waals surface area contributed by atoms with E-state index < -0.39 is 0 Å². The van der Waals surface area contributed by atoms with Crippen molar-refractivity contribution < 1.29 is 4.79 Å². The average Bonchev–Trinajstić information content (AvgIpc) is 2.61. The van der Waals surface area contributed by atoms with Crippen LogP contribution in [0.5, 0.6) is 0 Å². The van der Waals surface area contributed by atoms with E-state index in [0.717, 1.165) is 11.4 Å². The summed E-state index contributed by atoms with van der Waals surface area (Å²) in [5.74, 6) is -0.216. The normalized spacial score (nSPS) is 10.4. The smallest absolute Gasteiger partial charge is 0.255 e. The molecule has 0 saturated heterocycles. The molecule has 3 rings (SSSR count). The quantitative estimate of drug-likeness (QED) is 0.666. The largest absolute Gasteiger partial charge is 0.343 e. The fourth-order valence-corrected chi connectivity index (χ4v) is 2.72. The molecule has 0 radical (unpaired) electrons. The highest BCUT2D eigenvalue weighted by atomic mass is 35.5. The topological polar surface area (TPSA) is 45.2 Å². The van der Waals surface area contributed by atoms with Crippen molar-refractivity contribution in [1.29, 1.82) is 0 Å². The summed E-state index contributed by atoms with van der Waals surface area (Å²) >= 11 is 11.9. The Morgan fingerprint density at radius 3 is 2.52 bits per heavy atom. The molecule has 1 aromatic heterocycles. The van der Waals surface area contributed by atoms with Gasteiger partial charge in [0, 0.05) is 35.2 Å². The highest BCUT2D eigenvalue weighted by Crippen LogP contribution is 2.27. The lowest BCUT2D eigenvalue weighted by Crippen LogP contribution is -2.13. The number of amides is 1. The summed E-state index contributed by atoms with van der Waals surface area (Å²) in [4.78, 5) is 18.4. The minimum absolute atomic E-state index is 0.216. The molecule has 25 heavy (non-hydrogen) atoms. The summed E-state index contributed by atoms with van der Waals surface area (Å²) in [7, 11) is 1.91. The number of aromatic nitrogens is 1. The SMILES string of the molecule is CN(c1cncc(Cl)c1)c1cccc(NC(=O)c2cccc(Cl)c2)c1. The lowest BCUT2D eigenvalue weighted by molar-refractivity contribution is 0.102. The van der Waals surface area contributed by atoms with Crippen LogP contribution in [-0.2, 0) is 0 Å². The van der Waals surface area contributed by atoms with Crippen molar-refractivity contribution in [2.24, 2.45) is 0 Å². The number of hydrogen-bond donors (Lipinski definition) is 1. The highest BCUT2D eigenvalue weighted by Gasteiger charge is 2.09. The molecule has 0 aliphatic rings. The van der Waals surface area contributed by atoms with Crippen LogP contribution in [-0.4, -0.2) is 17.9 Å². The number of nitrogens with zero attached hydrogens (tertiary/aromatic N) is 2. The van der Waals surface area contributed by atoms with E-state index in [1.54, 1.807) is 36.7 Å². The minimum Gasteiger partial charge on any atom is -0.343 e. The van der Waals surface area contributed by atoms with Crippen LogP contribution in [0.25, 0.3) is 0 Å². The third kappa shape index (κ3) is 4.29. The molecule has 0 saturated carbocycles. The Bertz CT molecular complexity index is 914. The molecule has 126 valence electrons. The fourth-order valence-electron chi connectivity index (χ4n) is 2.36. The van der Waals surface area contributed by atoms with Gasteiger partial charge in [0.1, 0.15) is 0 Å². The van der Waals surface area contributed by atoms with Gasteiger partial charge in [-0.2, -0.15) is 0 Å². The number of carbonyl (C=O) groups excluding carboxylic acids is 1.